The SMILES string of the molecule is COCCCc1ccc2[nH]c(C)cc2c1. The molecule has 0 bridgehead atoms. The van der Waals surface area contributed by atoms with Crippen LogP contribution in [0.4, 0.5) is 0 Å². The van der Waals surface area contributed by atoms with Gasteiger partial charge < -0.3 is 9.72 Å². The second kappa shape index (κ2) is 4.49. The van der Waals surface area contributed by atoms with Crippen molar-refractivity contribution < 1.29 is 4.74 Å². The lowest BCUT2D eigenvalue weighted by Crippen LogP contribution is -1.92. The third-order valence-electron chi connectivity index (χ3n) is 2.63. The van der Waals surface area contributed by atoms with Crippen LogP contribution in [0.15, 0.2) is 24.3 Å². The van der Waals surface area contributed by atoms with Gasteiger partial charge in [0.05, 0.1) is 0 Å². The summed E-state index contributed by atoms with van der Waals surface area (Å²) in [6, 6.07) is 8.79. The largest absolute Gasteiger partial charge is 0.385 e. The monoisotopic (exact) mass is 203 g/mol. The van der Waals surface area contributed by atoms with E-state index in [1.165, 1.54) is 22.2 Å². The number of fused-ring (bicyclic) bond motifs is 1. The van der Waals surface area contributed by atoms with Gasteiger partial charge in [0.15, 0.2) is 0 Å². The van der Waals surface area contributed by atoms with Crippen molar-refractivity contribution in [1.82, 2.24) is 4.98 Å². The number of ether oxygens (including phenoxy) is 1. The van der Waals surface area contributed by atoms with Crippen molar-refractivity contribution in [2.24, 2.45) is 0 Å². The number of hydrogen-bond donors (Lipinski definition) is 1. The number of benzene rings is 1. The maximum Gasteiger partial charge on any atom is 0.0465 e. The second-order valence-corrected chi connectivity index (χ2v) is 3.97. The van der Waals surface area contributed by atoms with E-state index in [1.807, 2.05) is 0 Å². The lowest BCUT2D eigenvalue weighted by atomic mass is 10.1. The number of hydrogen-bond acceptors (Lipinski definition) is 1. The van der Waals surface area contributed by atoms with Crippen LogP contribution in [0, 0.1) is 6.92 Å². The number of H-pyrrole nitrogens is 1. The Hall–Kier alpha value is -1.28. The van der Waals surface area contributed by atoms with Crippen molar-refractivity contribution in [3.05, 3.63) is 35.5 Å². The second-order valence-electron chi connectivity index (χ2n) is 3.97. The number of nitrogens with one attached hydrogen (secondary N) is 1. The summed E-state index contributed by atoms with van der Waals surface area (Å²) in [6.07, 6.45) is 2.18. The van der Waals surface area contributed by atoms with Crippen molar-refractivity contribution >= 4 is 10.9 Å². The Morgan fingerprint density at radius 1 is 1.27 bits per heavy atom. The molecule has 0 unspecified atom stereocenters. The minimum Gasteiger partial charge on any atom is -0.385 e. The van der Waals surface area contributed by atoms with Crippen LogP contribution in [-0.4, -0.2) is 18.7 Å². The lowest BCUT2D eigenvalue weighted by Gasteiger charge is -2.00. The van der Waals surface area contributed by atoms with E-state index < -0.39 is 0 Å². The fourth-order valence-electron chi connectivity index (χ4n) is 1.90. The van der Waals surface area contributed by atoms with Crippen molar-refractivity contribution in [1.29, 1.82) is 0 Å². The predicted octanol–water partition coefficient (Wildman–Crippen LogP) is 3.06. The number of methoxy groups -OCH3 is 1. The molecule has 2 heteroatoms. The van der Waals surface area contributed by atoms with Crippen LogP contribution in [0.5, 0.6) is 0 Å². The van der Waals surface area contributed by atoms with Gasteiger partial charge >= 0.3 is 0 Å². The standard InChI is InChI=1S/C13H17NO/c1-10-8-12-9-11(4-3-7-15-2)5-6-13(12)14-10/h5-6,8-9,14H,3-4,7H2,1-2H3. The molecule has 2 aromatic rings. The highest BCUT2D eigenvalue weighted by Crippen LogP contribution is 2.17. The molecule has 0 aliphatic carbocycles. The zero-order chi connectivity index (χ0) is 10.7. The van der Waals surface area contributed by atoms with Gasteiger partial charge in [-0.25, -0.2) is 0 Å². The van der Waals surface area contributed by atoms with Gasteiger partial charge in [-0.2, -0.15) is 0 Å². The maximum absolute atomic E-state index is 5.05. The number of aromatic amines is 1. The highest BCUT2D eigenvalue weighted by atomic mass is 16.5. The number of aromatic nitrogens is 1. The molecule has 0 amide bonds. The first-order valence-electron chi connectivity index (χ1n) is 5.37. The fourth-order valence-corrected chi connectivity index (χ4v) is 1.90. The summed E-state index contributed by atoms with van der Waals surface area (Å²) in [5.41, 5.74) is 3.83. The van der Waals surface area contributed by atoms with Crippen LogP contribution in [0.3, 0.4) is 0 Å². The van der Waals surface area contributed by atoms with E-state index >= 15 is 0 Å². The van der Waals surface area contributed by atoms with Crippen LogP contribution < -0.4 is 0 Å². The molecule has 0 saturated carbocycles. The molecule has 1 aromatic heterocycles. The summed E-state index contributed by atoms with van der Waals surface area (Å²) < 4.78 is 5.05. The third-order valence-corrected chi connectivity index (χ3v) is 2.63. The Balaban J connectivity index is 2.15. The molecule has 1 N–H and O–H groups in total. The summed E-state index contributed by atoms with van der Waals surface area (Å²) in [5, 5.41) is 1.31. The lowest BCUT2D eigenvalue weighted by molar-refractivity contribution is 0.195. The van der Waals surface area contributed by atoms with Crippen LogP contribution in [-0.2, 0) is 11.2 Å². The summed E-state index contributed by atoms with van der Waals surface area (Å²) in [4.78, 5) is 3.33. The Morgan fingerprint density at radius 2 is 2.13 bits per heavy atom. The Morgan fingerprint density at radius 3 is 2.93 bits per heavy atom. The normalized spacial score (nSPS) is 11.1. The number of rotatable bonds is 4. The molecule has 2 nitrogen and oxygen atoms in total. The van der Waals surface area contributed by atoms with Gasteiger partial charge in [0.25, 0.3) is 0 Å². The first kappa shape index (κ1) is 10.2. The molecule has 0 atom stereocenters. The molecule has 0 saturated heterocycles. The minimum absolute atomic E-state index is 0.838. The molecular weight excluding hydrogens is 186 g/mol. The zero-order valence-electron chi connectivity index (χ0n) is 9.34. The van der Waals surface area contributed by atoms with Crippen LogP contribution in [0.1, 0.15) is 17.7 Å². The van der Waals surface area contributed by atoms with E-state index in [-0.39, 0.29) is 0 Å². The number of aryl methyl sites for hydroxylation is 2. The molecule has 1 heterocycles. The zero-order valence-corrected chi connectivity index (χ0v) is 9.34. The first-order chi connectivity index (χ1) is 7.29. The molecule has 0 radical (unpaired) electrons. The summed E-state index contributed by atoms with van der Waals surface area (Å²) >= 11 is 0. The highest BCUT2D eigenvalue weighted by molar-refractivity contribution is 5.81. The van der Waals surface area contributed by atoms with Crippen molar-refractivity contribution in [2.45, 2.75) is 19.8 Å². The Labute approximate surface area is 90.3 Å². The van der Waals surface area contributed by atoms with E-state index in [2.05, 4.69) is 36.2 Å². The van der Waals surface area contributed by atoms with E-state index in [1.54, 1.807) is 7.11 Å². The molecular formula is C13H17NO. The average molecular weight is 203 g/mol. The Kier molecular flexibility index (Phi) is 3.07. The topological polar surface area (TPSA) is 25.0 Å². The molecule has 1 aromatic carbocycles. The van der Waals surface area contributed by atoms with Crippen LogP contribution >= 0.6 is 0 Å². The van der Waals surface area contributed by atoms with Gasteiger partial charge in [-0.1, -0.05) is 6.07 Å². The van der Waals surface area contributed by atoms with Crippen molar-refractivity contribution in [3.63, 3.8) is 0 Å². The van der Waals surface area contributed by atoms with E-state index in [9.17, 15) is 0 Å². The molecule has 0 aliphatic rings. The van der Waals surface area contributed by atoms with Crippen LogP contribution in [0.25, 0.3) is 10.9 Å². The fraction of sp³-hybridized carbons (Fsp3) is 0.385. The van der Waals surface area contributed by atoms with Crippen LogP contribution in [0.2, 0.25) is 0 Å². The first-order valence-corrected chi connectivity index (χ1v) is 5.37. The van der Waals surface area contributed by atoms with E-state index in [4.69, 9.17) is 4.74 Å². The van der Waals surface area contributed by atoms with Crippen molar-refractivity contribution in [2.75, 3.05) is 13.7 Å². The van der Waals surface area contributed by atoms with Gasteiger partial charge in [0, 0.05) is 24.9 Å². The highest BCUT2D eigenvalue weighted by Gasteiger charge is 1.99. The van der Waals surface area contributed by atoms with Crippen molar-refractivity contribution in [3.8, 4) is 0 Å². The van der Waals surface area contributed by atoms with Gasteiger partial charge in [-0.15, -0.1) is 0 Å². The summed E-state index contributed by atoms with van der Waals surface area (Å²) in [7, 11) is 1.75. The molecule has 15 heavy (non-hydrogen) atoms. The summed E-state index contributed by atoms with van der Waals surface area (Å²) in [5.74, 6) is 0. The predicted molar refractivity (Wildman–Crippen MR) is 63.2 cm³/mol. The molecule has 80 valence electrons. The Bertz CT molecular complexity index is 445. The summed E-state index contributed by atoms with van der Waals surface area (Å²) in [6.45, 7) is 2.93. The van der Waals surface area contributed by atoms with Gasteiger partial charge in [0.2, 0.25) is 0 Å². The maximum atomic E-state index is 5.05. The third kappa shape index (κ3) is 2.39. The molecule has 2 rings (SSSR count). The molecule has 0 spiro atoms. The minimum atomic E-state index is 0.838. The molecule has 0 aliphatic heterocycles. The van der Waals surface area contributed by atoms with E-state index in [0.29, 0.717) is 0 Å². The smallest absolute Gasteiger partial charge is 0.0465 e. The van der Waals surface area contributed by atoms with Gasteiger partial charge in [0.1, 0.15) is 0 Å². The van der Waals surface area contributed by atoms with Gasteiger partial charge in [-0.05, 0) is 48.9 Å². The van der Waals surface area contributed by atoms with E-state index in [0.717, 1.165) is 19.4 Å². The van der Waals surface area contributed by atoms with Gasteiger partial charge in [-0.3, -0.25) is 0 Å². The molecule has 0 fully saturated rings. The quantitative estimate of drug-likeness (QED) is 0.759. The average Bonchev–Trinajstić information content (AvgIpc) is 2.57.